The van der Waals surface area contributed by atoms with Gasteiger partial charge in [0, 0.05) is 19.0 Å². The van der Waals surface area contributed by atoms with Gasteiger partial charge in [0.1, 0.15) is 0 Å². The summed E-state index contributed by atoms with van der Waals surface area (Å²) < 4.78 is 10.6. The smallest absolute Gasteiger partial charge is 0.293 e. The van der Waals surface area contributed by atoms with E-state index in [0.717, 1.165) is 35.1 Å². The largest absolute Gasteiger partial charge is 0.454 e. The third-order valence-corrected chi connectivity index (χ3v) is 5.28. The van der Waals surface area contributed by atoms with E-state index in [1.54, 1.807) is 24.3 Å². The maximum atomic E-state index is 12.5. The minimum atomic E-state index is -0.349. The van der Waals surface area contributed by atoms with Gasteiger partial charge in [-0.15, -0.1) is 0 Å². The SMILES string of the molecule is CCCC(C)C(=O)NCCN1C(=O)SC(=Cc2ccc3c(c2)OCO3)C1=O. The fraction of sp³-hybridized carbons (Fsp3) is 0.421. The second-order valence-electron chi connectivity index (χ2n) is 6.43. The van der Waals surface area contributed by atoms with Crippen molar-refractivity contribution in [2.24, 2.45) is 5.92 Å². The van der Waals surface area contributed by atoms with Crippen molar-refractivity contribution in [2.75, 3.05) is 19.9 Å². The maximum Gasteiger partial charge on any atom is 0.293 e. The standard InChI is InChI=1S/C19H22N2O5S/c1-3-4-12(2)17(22)20-7-8-21-18(23)16(27-19(21)24)10-13-5-6-14-15(9-13)26-11-25-14/h5-6,9-10,12H,3-4,7-8,11H2,1-2H3,(H,20,22). The van der Waals surface area contributed by atoms with Crippen molar-refractivity contribution >= 4 is 34.9 Å². The van der Waals surface area contributed by atoms with Gasteiger partial charge in [-0.25, -0.2) is 0 Å². The Balaban J connectivity index is 1.59. The lowest BCUT2D eigenvalue weighted by atomic mass is 10.1. The van der Waals surface area contributed by atoms with Crippen LogP contribution in [0.1, 0.15) is 32.3 Å². The zero-order valence-corrected chi connectivity index (χ0v) is 16.1. The molecule has 0 saturated carbocycles. The molecule has 2 aliphatic heterocycles. The molecule has 1 unspecified atom stereocenters. The number of carbonyl (C=O) groups excluding carboxylic acids is 3. The molecule has 8 heteroatoms. The van der Waals surface area contributed by atoms with Crippen molar-refractivity contribution in [3.8, 4) is 11.5 Å². The first-order valence-corrected chi connectivity index (χ1v) is 9.74. The summed E-state index contributed by atoms with van der Waals surface area (Å²) in [7, 11) is 0. The molecule has 0 spiro atoms. The number of benzene rings is 1. The van der Waals surface area contributed by atoms with Crippen LogP contribution in [-0.4, -0.2) is 41.8 Å². The molecule has 3 rings (SSSR count). The number of amides is 3. The molecular weight excluding hydrogens is 368 g/mol. The molecule has 1 aromatic carbocycles. The van der Waals surface area contributed by atoms with Gasteiger partial charge in [0.05, 0.1) is 4.91 Å². The van der Waals surface area contributed by atoms with Gasteiger partial charge in [0.2, 0.25) is 12.7 Å². The molecule has 2 aliphatic rings. The highest BCUT2D eigenvalue weighted by atomic mass is 32.2. The molecule has 0 aliphatic carbocycles. The van der Waals surface area contributed by atoms with Gasteiger partial charge >= 0.3 is 0 Å². The van der Waals surface area contributed by atoms with Gasteiger partial charge in [-0.3, -0.25) is 19.3 Å². The highest BCUT2D eigenvalue weighted by Crippen LogP contribution is 2.36. The van der Waals surface area contributed by atoms with Crippen molar-refractivity contribution in [3.05, 3.63) is 28.7 Å². The number of carbonyl (C=O) groups is 3. The van der Waals surface area contributed by atoms with Crippen LogP contribution in [0.15, 0.2) is 23.1 Å². The highest BCUT2D eigenvalue weighted by molar-refractivity contribution is 8.18. The topological polar surface area (TPSA) is 84.9 Å². The van der Waals surface area contributed by atoms with Crippen molar-refractivity contribution in [2.45, 2.75) is 26.7 Å². The van der Waals surface area contributed by atoms with Crippen molar-refractivity contribution < 1.29 is 23.9 Å². The number of rotatable bonds is 7. The first kappa shape index (κ1) is 19.3. The molecule has 0 bridgehead atoms. The van der Waals surface area contributed by atoms with Crippen LogP contribution >= 0.6 is 11.8 Å². The Morgan fingerprint density at radius 3 is 2.89 bits per heavy atom. The van der Waals surface area contributed by atoms with Crippen LogP contribution in [-0.2, 0) is 9.59 Å². The lowest BCUT2D eigenvalue weighted by Gasteiger charge is -2.15. The van der Waals surface area contributed by atoms with Gasteiger partial charge in [-0.1, -0.05) is 26.3 Å². The summed E-state index contributed by atoms with van der Waals surface area (Å²) in [5.41, 5.74) is 0.756. The number of fused-ring (bicyclic) bond motifs is 1. The monoisotopic (exact) mass is 390 g/mol. The van der Waals surface area contributed by atoms with Crippen molar-refractivity contribution in [1.29, 1.82) is 0 Å². The highest BCUT2D eigenvalue weighted by Gasteiger charge is 2.34. The molecule has 1 N–H and O–H groups in total. The van der Waals surface area contributed by atoms with Crippen molar-refractivity contribution in [3.63, 3.8) is 0 Å². The summed E-state index contributed by atoms with van der Waals surface area (Å²) in [6, 6.07) is 5.34. The van der Waals surface area contributed by atoms with Gasteiger partial charge < -0.3 is 14.8 Å². The first-order valence-electron chi connectivity index (χ1n) is 8.92. The summed E-state index contributed by atoms with van der Waals surface area (Å²) in [5, 5.41) is 2.45. The molecule has 1 atom stereocenters. The van der Waals surface area contributed by atoms with Gasteiger partial charge in [0.25, 0.3) is 11.1 Å². The van der Waals surface area contributed by atoms with E-state index >= 15 is 0 Å². The van der Waals surface area contributed by atoms with Crippen LogP contribution in [0.4, 0.5) is 4.79 Å². The van der Waals surface area contributed by atoms with E-state index in [4.69, 9.17) is 9.47 Å². The first-order chi connectivity index (χ1) is 13.0. The van der Waals surface area contributed by atoms with Crippen LogP contribution in [0.2, 0.25) is 0 Å². The Labute approximate surface area is 162 Å². The quantitative estimate of drug-likeness (QED) is 0.721. The second-order valence-corrected chi connectivity index (χ2v) is 7.42. The number of imide groups is 1. The van der Waals surface area contributed by atoms with Crippen LogP contribution in [0.3, 0.4) is 0 Å². The van der Waals surface area contributed by atoms with E-state index in [-0.39, 0.29) is 42.9 Å². The third-order valence-electron chi connectivity index (χ3n) is 4.37. The zero-order valence-electron chi connectivity index (χ0n) is 15.3. The van der Waals surface area contributed by atoms with E-state index in [0.29, 0.717) is 16.4 Å². The minimum absolute atomic E-state index is 0.0558. The fourth-order valence-electron chi connectivity index (χ4n) is 2.88. The van der Waals surface area contributed by atoms with Gasteiger partial charge in [-0.05, 0) is 42.0 Å². The predicted molar refractivity (Wildman–Crippen MR) is 102 cm³/mol. The van der Waals surface area contributed by atoms with Crippen LogP contribution < -0.4 is 14.8 Å². The number of thioether (sulfide) groups is 1. The predicted octanol–water partition coefficient (Wildman–Crippen LogP) is 3.00. The van der Waals surface area contributed by atoms with E-state index in [1.165, 1.54) is 0 Å². The normalized spacial score (nSPS) is 18.3. The van der Waals surface area contributed by atoms with E-state index in [2.05, 4.69) is 5.32 Å². The molecule has 144 valence electrons. The van der Waals surface area contributed by atoms with Crippen LogP contribution in [0.5, 0.6) is 11.5 Å². The van der Waals surface area contributed by atoms with Crippen LogP contribution in [0, 0.1) is 5.92 Å². The molecule has 1 saturated heterocycles. The lowest BCUT2D eigenvalue weighted by molar-refractivity contribution is -0.126. The van der Waals surface area contributed by atoms with Crippen molar-refractivity contribution in [1.82, 2.24) is 10.2 Å². The van der Waals surface area contributed by atoms with Crippen LogP contribution in [0.25, 0.3) is 6.08 Å². The summed E-state index contributed by atoms with van der Waals surface area (Å²) in [5.74, 6) is 0.800. The molecule has 1 aromatic rings. The molecule has 0 radical (unpaired) electrons. The van der Waals surface area contributed by atoms with E-state index < -0.39 is 0 Å². The molecule has 7 nitrogen and oxygen atoms in total. The fourth-order valence-corrected chi connectivity index (χ4v) is 3.74. The molecule has 0 aromatic heterocycles. The van der Waals surface area contributed by atoms with E-state index in [9.17, 15) is 14.4 Å². The number of nitrogens with one attached hydrogen (secondary N) is 1. The minimum Gasteiger partial charge on any atom is -0.454 e. The Bertz CT molecular complexity index is 792. The van der Waals surface area contributed by atoms with E-state index in [1.807, 2.05) is 13.8 Å². The Morgan fingerprint density at radius 1 is 1.33 bits per heavy atom. The average molecular weight is 390 g/mol. The van der Waals surface area contributed by atoms with Gasteiger partial charge in [0.15, 0.2) is 11.5 Å². The Hall–Kier alpha value is -2.48. The number of hydrogen-bond donors (Lipinski definition) is 1. The Morgan fingerprint density at radius 2 is 2.11 bits per heavy atom. The molecule has 27 heavy (non-hydrogen) atoms. The summed E-state index contributed by atoms with van der Waals surface area (Å²) >= 11 is 0.897. The number of ether oxygens (including phenoxy) is 2. The average Bonchev–Trinajstić information content (AvgIpc) is 3.21. The second kappa shape index (κ2) is 8.47. The lowest BCUT2D eigenvalue weighted by Crippen LogP contribution is -2.38. The molecule has 1 fully saturated rings. The summed E-state index contributed by atoms with van der Waals surface area (Å²) in [4.78, 5) is 38.1. The number of nitrogens with zero attached hydrogens (tertiary/aromatic N) is 1. The third kappa shape index (κ3) is 4.44. The summed E-state index contributed by atoms with van der Waals surface area (Å²) in [6.45, 7) is 4.48. The summed E-state index contributed by atoms with van der Waals surface area (Å²) in [6.07, 6.45) is 3.41. The Kier molecular flexibility index (Phi) is 6.05. The molecule has 3 amide bonds. The van der Waals surface area contributed by atoms with Gasteiger partial charge in [-0.2, -0.15) is 0 Å². The zero-order chi connectivity index (χ0) is 19.4. The number of hydrogen-bond acceptors (Lipinski definition) is 6. The molecule has 2 heterocycles. The molecular formula is C19H22N2O5S. The maximum absolute atomic E-state index is 12.5.